The third-order valence-electron chi connectivity index (χ3n) is 5.84. The number of carbonyl (C=O) groups excluding carboxylic acids is 2. The molecule has 0 spiro atoms. The fraction of sp³-hybridized carbons (Fsp3) is 0.154. The number of nitrogens with one attached hydrogen (secondary N) is 1. The molecule has 2 aliphatic rings. The molecule has 0 radical (unpaired) electrons. The molecule has 36 heavy (non-hydrogen) atoms. The topological polar surface area (TPSA) is 113 Å². The molecule has 1 unspecified atom stereocenters. The summed E-state index contributed by atoms with van der Waals surface area (Å²) in [7, 11) is 0. The molecule has 2 aromatic carbocycles. The summed E-state index contributed by atoms with van der Waals surface area (Å²) in [5.41, 5.74) is 2.05. The Bertz CT molecular complexity index is 1370. The quantitative estimate of drug-likeness (QED) is 0.341. The van der Waals surface area contributed by atoms with Crippen molar-refractivity contribution < 1.29 is 24.0 Å². The van der Waals surface area contributed by atoms with E-state index in [4.69, 9.17) is 4.52 Å². The van der Waals surface area contributed by atoms with Crippen LogP contribution < -0.4 is 5.32 Å². The zero-order chi connectivity index (χ0) is 25.2. The molecule has 2 N–H and O–H groups in total. The zero-order valence-corrected chi connectivity index (χ0v) is 20.6. The zero-order valence-electron chi connectivity index (χ0n) is 18.9. The van der Waals surface area contributed by atoms with Crippen molar-refractivity contribution in [3.05, 3.63) is 90.3 Å². The van der Waals surface area contributed by atoms with Crippen LogP contribution in [0.3, 0.4) is 0 Å². The largest absolute Gasteiger partial charge is 0.477 e. The van der Waals surface area contributed by atoms with Crippen molar-refractivity contribution in [2.24, 2.45) is 0 Å². The van der Waals surface area contributed by atoms with E-state index >= 15 is 0 Å². The number of rotatable bonds is 8. The molecular formula is C26H21N3O5S2. The molecule has 2 atom stereocenters. The van der Waals surface area contributed by atoms with Gasteiger partial charge in [0.15, 0.2) is 5.76 Å². The van der Waals surface area contributed by atoms with E-state index in [0.717, 1.165) is 10.5 Å². The highest BCUT2D eigenvalue weighted by molar-refractivity contribution is 8.00. The van der Waals surface area contributed by atoms with Crippen LogP contribution in [0.4, 0.5) is 0 Å². The first-order valence-corrected chi connectivity index (χ1v) is 13.1. The van der Waals surface area contributed by atoms with Crippen LogP contribution in [0.2, 0.25) is 0 Å². The first kappa shape index (κ1) is 24.0. The normalized spacial score (nSPS) is 18.9. The number of aliphatic carboxylic acids is 1. The van der Waals surface area contributed by atoms with Crippen LogP contribution in [-0.4, -0.2) is 55.9 Å². The predicted octanol–water partition coefficient (Wildman–Crippen LogP) is 3.89. The van der Waals surface area contributed by atoms with E-state index in [0.29, 0.717) is 28.4 Å². The molecule has 2 aliphatic heterocycles. The van der Waals surface area contributed by atoms with E-state index < -0.39 is 23.3 Å². The van der Waals surface area contributed by atoms with Gasteiger partial charge in [0.05, 0.1) is 5.75 Å². The average Bonchev–Trinajstić information content (AvgIpc) is 3.40. The van der Waals surface area contributed by atoms with E-state index in [1.807, 2.05) is 60.7 Å². The summed E-state index contributed by atoms with van der Waals surface area (Å²) in [6.45, 7) is 4.04. The van der Waals surface area contributed by atoms with Gasteiger partial charge in [0.25, 0.3) is 5.91 Å². The minimum Gasteiger partial charge on any atom is -0.477 e. The van der Waals surface area contributed by atoms with Gasteiger partial charge in [-0.25, -0.2) is 4.79 Å². The first-order chi connectivity index (χ1) is 17.4. The van der Waals surface area contributed by atoms with Crippen LogP contribution in [0, 0.1) is 0 Å². The molecule has 8 nitrogen and oxygen atoms in total. The number of carbonyl (C=O) groups is 3. The molecule has 1 saturated heterocycles. The van der Waals surface area contributed by atoms with Crippen molar-refractivity contribution in [2.45, 2.75) is 16.3 Å². The summed E-state index contributed by atoms with van der Waals surface area (Å²) >= 11 is 2.74. The van der Waals surface area contributed by atoms with Crippen molar-refractivity contribution in [1.82, 2.24) is 15.4 Å². The smallest absolute Gasteiger partial charge is 0.352 e. The van der Waals surface area contributed by atoms with E-state index in [1.165, 1.54) is 28.4 Å². The second-order valence-electron chi connectivity index (χ2n) is 8.11. The Labute approximate surface area is 215 Å². The Hall–Kier alpha value is -3.76. The molecular weight excluding hydrogens is 498 g/mol. The summed E-state index contributed by atoms with van der Waals surface area (Å²) in [6.07, 6.45) is 0. The first-order valence-electron chi connectivity index (χ1n) is 11.0. The second kappa shape index (κ2) is 10.1. The number of nitrogens with zero attached hydrogens (tertiary/aromatic N) is 2. The lowest BCUT2D eigenvalue weighted by molar-refractivity contribution is -0.150. The van der Waals surface area contributed by atoms with Crippen LogP contribution in [0.25, 0.3) is 16.8 Å². The van der Waals surface area contributed by atoms with E-state index in [1.54, 1.807) is 6.07 Å². The van der Waals surface area contributed by atoms with E-state index in [-0.39, 0.29) is 17.4 Å². The second-order valence-corrected chi connectivity index (χ2v) is 10.3. The Morgan fingerprint density at radius 1 is 1.17 bits per heavy atom. The Morgan fingerprint density at radius 2 is 1.86 bits per heavy atom. The monoisotopic (exact) mass is 519 g/mol. The molecule has 0 aliphatic carbocycles. The third kappa shape index (κ3) is 4.57. The van der Waals surface area contributed by atoms with Crippen molar-refractivity contribution in [2.75, 3.05) is 11.5 Å². The molecule has 1 aromatic heterocycles. The fourth-order valence-corrected chi connectivity index (χ4v) is 6.16. The lowest BCUT2D eigenvalue weighted by atomic mass is 9.98. The predicted molar refractivity (Wildman–Crippen MR) is 138 cm³/mol. The minimum absolute atomic E-state index is 0.143. The van der Waals surface area contributed by atoms with Gasteiger partial charge in [0.2, 0.25) is 5.91 Å². The molecule has 0 bridgehead atoms. The summed E-state index contributed by atoms with van der Waals surface area (Å²) in [5, 5.41) is 16.3. The van der Waals surface area contributed by atoms with Crippen LogP contribution in [0.15, 0.2) is 94.0 Å². The highest BCUT2D eigenvalue weighted by Crippen LogP contribution is 2.44. The summed E-state index contributed by atoms with van der Waals surface area (Å²) in [5.74, 6) is -1.20. The number of thioether (sulfide) groups is 2. The van der Waals surface area contributed by atoms with Crippen LogP contribution in [-0.2, 0) is 14.4 Å². The number of hydrogen-bond acceptors (Lipinski definition) is 7. The van der Waals surface area contributed by atoms with E-state index in [2.05, 4.69) is 17.1 Å². The molecule has 1 fully saturated rings. The number of fused-ring (bicyclic) bond motifs is 1. The van der Waals surface area contributed by atoms with Crippen molar-refractivity contribution in [3.8, 4) is 11.3 Å². The summed E-state index contributed by atoms with van der Waals surface area (Å²) < 4.78 is 5.46. The highest BCUT2D eigenvalue weighted by Gasteiger charge is 2.54. The van der Waals surface area contributed by atoms with Gasteiger partial charge < -0.3 is 14.9 Å². The molecule has 182 valence electrons. The minimum atomic E-state index is -1.24. The Balaban J connectivity index is 1.30. The molecule has 3 aromatic rings. The standard InChI is InChI=1S/C26H21N3O5S2/c1-15(20-12-19(28-34-20)16-8-4-2-5-9-16)18-13-36-25-22(24(31)29(25)23(18)26(32)33)27-21(30)14-35-17-10-6-3-7-11-17/h2-12,22,25H,1,13-14H2,(H,27,30)(H,32,33)/t22?,25-/m0/s1. The number of carboxylic acid groups (broad SMARTS) is 1. The SMILES string of the molecule is C=C(C1=C(C(=O)O)N2C(=O)C(NC(=O)CSc3ccccc3)[C@@H]2SC1)c1cc(-c2ccccc2)no1. The molecule has 2 amide bonds. The molecule has 5 rings (SSSR count). The van der Waals surface area contributed by atoms with Crippen LogP contribution in [0.5, 0.6) is 0 Å². The molecule has 0 saturated carbocycles. The maximum absolute atomic E-state index is 12.9. The lowest BCUT2D eigenvalue weighted by Crippen LogP contribution is -2.70. The molecule has 3 heterocycles. The van der Waals surface area contributed by atoms with Crippen molar-refractivity contribution in [3.63, 3.8) is 0 Å². The van der Waals surface area contributed by atoms with Gasteiger partial charge in [-0.2, -0.15) is 0 Å². The highest BCUT2D eigenvalue weighted by atomic mass is 32.2. The number of hydrogen-bond donors (Lipinski definition) is 2. The van der Waals surface area contributed by atoms with E-state index in [9.17, 15) is 19.5 Å². The van der Waals surface area contributed by atoms with Crippen LogP contribution in [0.1, 0.15) is 5.76 Å². The maximum atomic E-state index is 12.9. The Kier molecular flexibility index (Phi) is 6.71. The van der Waals surface area contributed by atoms with Gasteiger partial charge in [0.1, 0.15) is 22.8 Å². The van der Waals surface area contributed by atoms with Crippen molar-refractivity contribution >= 4 is 46.9 Å². The number of β-lactam (4-membered cyclic amide) rings is 1. The molecule has 10 heteroatoms. The maximum Gasteiger partial charge on any atom is 0.352 e. The Morgan fingerprint density at radius 3 is 2.56 bits per heavy atom. The van der Waals surface area contributed by atoms with Gasteiger partial charge in [-0.15, -0.1) is 23.5 Å². The number of aromatic nitrogens is 1. The summed E-state index contributed by atoms with van der Waals surface area (Å²) in [6, 6.07) is 19.8. The van der Waals surface area contributed by atoms with Crippen LogP contribution >= 0.6 is 23.5 Å². The average molecular weight is 520 g/mol. The number of allylic oxidation sites excluding steroid dienone is 1. The lowest BCUT2D eigenvalue weighted by Gasteiger charge is -2.49. The number of amides is 2. The third-order valence-corrected chi connectivity index (χ3v) is 8.13. The number of benzene rings is 2. The van der Waals surface area contributed by atoms with Gasteiger partial charge in [-0.1, -0.05) is 60.3 Å². The van der Waals surface area contributed by atoms with Gasteiger partial charge in [-0.05, 0) is 12.1 Å². The number of carboxylic acids is 1. The summed E-state index contributed by atoms with van der Waals surface area (Å²) in [4.78, 5) is 39.8. The fourth-order valence-electron chi connectivity index (χ4n) is 4.04. The van der Waals surface area contributed by atoms with Gasteiger partial charge in [-0.3, -0.25) is 14.5 Å². The van der Waals surface area contributed by atoms with Gasteiger partial charge >= 0.3 is 5.97 Å². The van der Waals surface area contributed by atoms with Gasteiger partial charge in [0, 0.05) is 33.4 Å². The van der Waals surface area contributed by atoms with Crippen molar-refractivity contribution in [1.29, 1.82) is 0 Å².